The summed E-state index contributed by atoms with van der Waals surface area (Å²) in [7, 11) is 1.83. The Balaban J connectivity index is 0.00000242. The molecule has 2 rings (SSSR count). The number of carbonyl (C=O) groups excluding carboxylic acids is 1. The molecule has 0 radical (unpaired) electrons. The summed E-state index contributed by atoms with van der Waals surface area (Å²) in [5, 5.41) is 4.08. The van der Waals surface area contributed by atoms with E-state index < -0.39 is 0 Å². The first-order chi connectivity index (χ1) is 9.99. The molecule has 0 spiro atoms. The zero-order valence-electron chi connectivity index (χ0n) is 13.6. The van der Waals surface area contributed by atoms with Gasteiger partial charge in [0.05, 0.1) is 0 Å². The molecule has 1 amide bonds. The maximum atomic E-state index is 12.5. The number of hydrogen-bond acceptors (Lipinski definition) is 2. The monoisotopic (exact) mass is 344 g/mol. The predicted octanol–water partition coefficient (Wildman–Crippen LogP) is 4.06. The molecular weight excluding hydrogens is 319 g/mol. The summed E-state index contributed by atoms with van der Waals surface area (Å²) in [4.78, 5) is 14.2. The lowest BCUT2D eigenvalue weighted by molar-refractivity contribution is -0.119. The van der Waals surface area contributed by atoms with E-state index in [2.05, 4.69) is 12.2 Å². The van der Waals surface area contributed by atoms with Crippen molar-refractivity contribution >= 4 is 35.6 Å². The quantitative estimate of drug-likeness (QED) is 0.893. The lowest BCUT2D eigenvalue weighted by Crippen LogP contribution is -2.34. The second-order valence-electron chi connectivity index (χ2n) is 6.16. The van der Waals surface area contributed by atoms with Crippen LogP contribution in [0.25, 0.3) is 0 Å². The minimum absolute atomic E-state index is 0. The molecule has 3 nitrogen and oxygen atoms in total. The summed E-state index contributed by atoms with van der Waals surface area (Å²) >= 11 is 6.15. The third-order valence-electron chi connectivity index (χ3n) is 4.60. The Morgan fingerprint density at radius 3 is 2.64 bits per heavy atom. The van der Waals surface area contributed by atoms with Crippen LogP contribution in [0.1, 0.15) is 31.7 Å². The third-order valence-corrected chi connectivity index (χ3v) is 5.01. The van der Waals surface area contributed by atoms with Crippen molar-refractivity contribution in [3.8, 4) is 0 Å². The molecule has 0 aromatic heterocycles. The topological polar surface area (TPSA) is 32.3 Å². The highest BCUT2D eigenvalue weighted by atomic mass is 35.5. The van der Waals surface area contributed by atoms with Gasteiger partial charge in [0.1, 0.15) is 0 Å². The Kier molecular flexibility index (Phi) is 7.67. The molecule has 22 heavy (non-hydrogen) atoms. The van der Waals surface area contributed by atoms with Gasteiger partial charge in [-0.1, -0.05) is 24.6 Å². The van der Waals surface area contributed by atoms with Crippen molar-refractivity contribution in [2.45, 2.75) is 33.1 Å². The van der Waals surface area contributed by atoms with E-state index in [4.69, 9.17) is 11.6 Å². The van der Waals surface area contributed by atoms with Gasteiger partial charge >= 0.3 is 0 Å². The van der Waals surface area contributed by atoms with Crippen molar-refractivity contribution < 1.29 is 4.79 Å². The number of rotatable bonds is 4. The first-order valence-electron chi connectivity index (χ1n) is 7.72. The molecule has 1 aromatic rings. The van der Waals surface area contributed by atoms with E-state index >= 15 is 0 Å². The Morgan fingerprint density at radius 2 is 2.05 bits per heavy atom. The predicted molar refractivity (Wildman–Crippen MR) is 96.2 cm³/mol. The van der Waals surface area contributed by atoms with Gasteiger partial charge < -0.3 is 10.2 Å². The number of nitrogens with one attached hydrogen (secondary N) is 1. The van der Waals surface area contributed by atoms with Crippen LogP contribution in [-0.4, -0.2) is 26.0 Å². The zero-order valence-corrected chi connectivity index (χ0v) is 15.1. The van der Waals surface area contributed by atoms with Crippen molar-refractivity contribution in [3.63, 3.8) is 0 Å². The highest BCUT2D eigenvalue weighted by Gasteiger charge is 2.23. The summed E-state index contributed by atoms with van der Waals surface area (Å²) in [5.74, 6) is 1.26. The van der Waals surface area contributed by atoms with Crippen molar-refractivity contribution in [2.24, 2.45) is 11.8 Å². The van der Waals surface area contributed by atoms with E-state index in [1.165, 1.54) is 12.8 Å². The number of halogens is 2. The number of amides is 1. The first kappa shape index (κ1) is 19.3. The number of hydrogen-bond donors (Lipinski definition) is 1. The van der Waals surface area contributed by atoms with Gasteiger partial charge in [-0.05, 0) is 62.4 Å². The van der Waals surface area contributed by atoms with Gasteiger partial charge in [0.2, 0.25) is 5.91 Å². The number of carbonyl (C=O) groups is 1. The molecule has 0 aliphatic carbocycles. The minimum Gasteiger partial charge on any atom is -0.317 e. The van der Waals surface area contributed by atoms with Gasteiger partial charge in [0, 0.05) is 24.2 Å². The molecule has 0 bridgehead atoms. The average molecular weight is 345 g/mol. The largest absolute Gasteiger partial charge is 0.317 e. The highest BCUT2D eigenvalue weighted by molar-refractivity contribution is 6.31. The number of piperidine rings is 1. The van der Waals surface area contributed by atoms with Crippen LogP contribution >= 0.6 is 24.0 Å². The molecule has 1 aliphatic heterocycles. The van der Waals surface area contributed by atoms with Crippen LogP contribution in [0.4, 0.5) is 5.69 Å². The molecule has 1 atom stereocenters. The highest BCUT2D eigenvalue weighted by Crippen LogP contribution is 2.27. The number of aryl methyl sites for hydroxylation is 1. The summed E-state index contributed by atoms with van der Waals surface area (Å²) in [6, 6.07) is 5.77. The minimum atomic E-state index is 0. The smallest absolute Gasteiger partial charge is 0.226 e. The second-order valence-corrected chi connectivity index (χ2v) is 6.56. The second kappa shape index (κ2) is 8.76. The SMILES string of the molecule is Cc1ccc(N(C)C(=O)CC(C)C2CCNCC2)cc1Cl.Cl. The number of anilines is 1. The number of benzene rings is 1. The molecule has 0 saturated carbocycles. The van der Waals surface area contributed by atoms with Gasteiger partial charge in [-0.3, -0.25) is 4.79 Å². The summed E-state index contributed by atoms with van der Waals surface area (Å²) in [6.07, 6.45) is 2.95. The van der Waals surface area contributed by atoms with Gasteiger partial charge in [0.15, 0.2) is 0 Å². The fourth-order valence-corrected chi connectivity index (χ4v) is 3.10. The molecule has 1 N–H and O–H groups in total. The van der Waals surface area contributed by atoms with Gasteiger partial charge in [-0.15, -0.1) is 12.4 Å². The normalized spacial score (nSPS) is 16.7. The Hall–Kier alpha value is -0.770. The fraction of sp³-hybridized carbons (Fsp3) is 0.588. The van der Waals surface area contributed by atoms with Crippen LogP contribution in [-0.2, 0) is 4.79 Å². The molecule has 1 heterocycles. The van der Waals surface area contributed by atoms with E-state index in [0.717, 1.165) is 24.3 Å². The van der Waals surface area contributed by atoms with E-state index in [1.807, 2.05) is 32.2 Å². The Morgan fingerprint density at radius 1 is 1.41 bits per heavy atom. The van der Waals surface area contributed by atoms with Crippen LogP contribution in [0.5, 0.6) is 0 Å². The maximum absolute atomic E-state index is 12.5. The molecule has 1 fully saturated rings. The average Bonchev–Trinajstić information content (AvgIpc) is 2.50. The Bertz CT molecular complexity index is 501. The van der Waals surface area contributed by atoms with E-state index in [0.29, 0.717) is 23.3 Å². The molecular formula is C17H26Cl2N2O. The van der Waals surface area contributed by atoms with Gasteiger partial charge in [-0.25, -0.2) is 0 Å². The molecule has 124 valence electrons. The fourth-order valence-electron chi connectivity index (χ4n) is 2.93. The Labute approximate surface area is 144 Å². The molecule has 1 unspecified atom stereocenters. The molecule has 1 saturated heterocycles. The summed E-state index contributed by atoms with van der Waals surface area (Å²) < 4.78 is 0. The number of nitrogens with zero attached hydrogens (tertiary/aromatic N) is 1. The van der Waals surface area contributed by atoms with Crippen molar-refractivity contribution in [3.05, 3.63) is 28.8 Å². The van der Waals surface area contributed by atoms with Crippen molar-refractivity contribution in [1.82, 2.24) is 5.32 Å². The molecule has 5 heteroatoms. The van der Waals surface area contributed by atoms with E-state index in [9.17, 15) is 4.79 Å². The molecule has 1 aromatic carbocycles. The van der Waals surface area contributed by atoms with Crippen LogP contribution in [0, 0.1) is 18.8 Å². The maximum Gasteiger partial charge on any atom is 0.226 e. The van der Waals surface area contributed by atoms with Gasteiger partial charge in [0.25, 0.3) is 0 Å². The third kappa shape index (κ3) is 4.87. The zero-order chi connectivity index (χ0) is 15.4. The van der Waals surface area contributed by atoms with E-state index in [-0.39, 0.29) is 18.3 Å². The van der Waals surface area contributed by atoms with Crippen molar-refractivity contribution in [2.75, 3.05) is 25.0 Å². The standard InChI is InChI=1S/C17H25ClN2O.ClH/c1-12-4-5-15(11-16(12)18)20(3)17(21)10-13(2)14-6-8-19-9-7-14;/h4-5,11,13-14,19H,6-10H2,1-3H3;1H. The lowest BCUT2D eigenvalue weighted by Gasteiger charge is -2.29. The first-order valence-corrected chi connectivity index (χ1v) is 8.10. The molecule has 1 aliphatic rings. The van der Waals surface area contributed by atoms with Crippen LogP contribution in [0.3, 0.4) is 0 Å². The summed E-state index contributed by atoms with van der Waals surface area (Å²) in [6.45, 7) is 6.32. The van der Waals surface area contributed by atoms with E-state index in [1.54, 1.807) is 4.90 Å². The van der Waals surface area contributed by atoms with Crippen molar-refractivity contribution in [1.29, 1.82) is 0 Å². The summed E-state index contributed by atoms with van der Waals surface area (Å²) in [5.41, 5.74) is 1.90. The van der Waals surface area contributed by atoms with Crippen LogP contribution < -0.4 is 10.2 Å². The van der Waals surface area contributed by atoms with Gasteiger partial charge in [-0.2, -0.15) is 0 Å². The van der Waals surface area contributed by atoms with Crippen LogP contribution in [0.2, 0.25) is 5.02 Å². The van der Waals surface area contributed by atoms with Crippen LogP contribution in [0.15, 0.2) is 18.2 Å². The lowest BCUT2D eigenvalue weighted by atomic mass is 9.84.